The van der Waals surface area contributed by atoms with Gasteiger partial charge in [-0.05, 0) is 79.3 Å². The first-order valence-corrected chi connectivity index (χ1v) is 13.9. The Bertz CT molecular complexity index is 1610. The van der Waals surface area contributed by atoms with Crippen LogP contribution in [0.4, 0.5) is 0 Å². The molecule has 4 aromatic rings. The topological polar surface area (TPSA) is 154 Å². The number of hydrogen-bond donors (Lipinski definition) is 3. The molecule has 0 saturated heterocycles. The first kappa shape index (κ1) is 31.0. The number of nitrogens with zero attached hydrogens (tertiary/aromatic N) is 2. The van der Waals surface area contributed by atoms with Crippen molar-refractivity contribution in [2.45, 2.75) is 45.8 Å². The molecule has 43 heavy (non-hydrogen) atoms. The first-order valence-electron chi connectivity index (χ1n) is 13.9. The molecule has 5 N–H and O–H groups in total. The number of aromatic amines is 1. The van der Waals surface area contributed by atoms with E-state index in [0.717, 1.165) is 27.9 Å². The smallest absolute Gasteiger partial charge is 0.341 e. The molecule has 3 aromatic carbocycles. The zero-order valence-corrected chi connectivity index (χ0v) is 25.0. The van der Waals surface area contributed by atoms with Gasteiger partial charge in [0.25, 0.3) is 0 Å². The highest BCUT2D eigenvalue weighted by Gasteiger charge is 2.29. The van der Waals surface area contributed by atoms with Gasteiger partial charge in [-0.2, -0.15) is 0 Å². The van der Waals surface area contributed by atoms with Crippen molar-refractivity contribution in [2.75, 3.05) is 14.2 Å². The van der Waals surface area contributed by atoms with Crippen molar-refractivity contribution < 1.29 is 23.9 Å². The fourth-order valence-electron chi connectivity index (χ4n) is 5.16. The second kappa shape index (κ2) is 13.3. The number of carbonyl (C=O) groups is 3. The van der Waals surface area contributed by atoms with Crippen molar-refractivity contribution in [3.63, 3.8) is 0 Å². The quantitative estimate of drug-likeness (QED) is 0.223. The van der Waals surface area contributed by atoms with Crippen molar-refractivity contribution in [1.29, 1.82) is 0 Å². The Labute approximate surface area is 251 Å². The van der Waals surface area contributed by atoms with Crippen molar-refractivity contribution in [3.05, 3.63) is 106 Å². The molecule has 0 aliphatic carbocycles. The number of aryl methyl sites for hydroxylation is 2. The summed E-state index contributed by atoms with van der Waals surface area (Å²) in [6, 6.07) is 16.9. The summed E-state index contributed by atoms with van der Waals surface area (Å²) in [6.07, 6.45) is 1.99. The molecule has 1 unspecified atom stereocenters. The standard InChI is InChI=1S/C33H37N5O5/c1-19-13-24(30(35)39)14-20(2)25(19)16-27(34)32(40)38(18-22-11-12-29(42-4)26(15-22)33(41)43-5)21(3)31-36-17-28(37-31)23-9-7-6-8-10-23/h6-15,17,21,27H,16,18,34H2,1-5H3,(H2,35,39)(H,36,37)/t21-,27?/m0/s1. The lowest BCUT2D eigenvalue weighted by Crippen LogP contribution is -2.46. The predicted octanol–water partition coefficient (Wildman–Crippen LogP) is 4.25. The van der Waals surface area contributed by atoms with Crippen LogP contribution in [0.2, 0.25) is 0 Å². The largest absolute Gasteiger partial charge is 0.496 e. The Kier molecular flexibility index (Phi) is 9.62. The average Bonchev–Trinajstić information content (AvgIpc) is 3.51. The minimum Gasteiger partial charge on any atom is -0.496 e. The number of methoxy groups -OCH3 is 2. The lowest BCUT2D eigenvalue weighted by atomic mass is 9.93. The van der Waals surface area contributed by atoms with Gasteiger partial charge in [0.15, 0.2) is 0 Å². The van der Waals surface area contributed by atoms with E-state index in [2.05, 4.69) is 9.97 Å². The Balaban J connectivity index is 1.69. The van der Waals surface area contributed by atoms with Crippen molar-refractivity contribution in [2.24, 2.45) is 11.5 Å². The maximum absolute atomic E-state index is 14.1. The van der Waals surface area contributed by atoms with Crippen LogP contribution in [0.3, 0.4) is 0 Å². The number of nitrogens with two attached hydrogens (primary N) is 2. The summed E-state index contributed by atoms with van der Waals surface area (Å²) in [5, 5.41) is 0. The molecule has 0 radical (unpaired) electrons. The van der Waals surface area contributed by atoms with Crippen molar-refractivity contribution in [1.82, 2.24) is 14.9 Å². The fourth-order valence-corrected chi connectivity index (χ4v) is 5.16. The Morgan fingerprint density at radius 1 is 1.00 bits per heavy atom. The van der Waals surface area contributed by atoms with Crippen LogP contribution in [0, 0.1) is 13.8 Å². The second-order valence-electron chi connectivity index (χ2n) is 10.5. The zero-order valence-electron chi connectivity index (χ0n) is 25.0. The SMILES string of the molecule is COC(=O)c1cc(CN(C(=O)C(N)Cc2c(C)cc(C(N)=O)cc2C)[C@@H](C)c2ncc(-c3ccccc3)[nH]2)ccc1OC. The first-order chi connectivity index (χ1) is 20.5. The summed E-state index contributed by atoms with van der Waals surface area (Å²) in [6.45, 7) is 5.75. The molecule has 10 nitrogen and oxygen atoms in total. The zero-order chi connectivity index (χ0) is 31.3. The third-order valence-electron chi connectivity index (χ3n) is 7.57. The molecule has 2 atom stereocenters. The van der Waals surface area contributed by atoms with E-state index in [-0.39, 0.29) is 24.4 Å². The molecular weight excluding hydrogens is 546 g/mol. The molecule has 0 bridgehead atoms. The number of imidazole rings is 1. The third-order valence-corrected chi connectivity index (χ3v) is 7.57. The van der Waals surface area contributed by atoms with Gasteiger partial charge in [-0.15, -0.1) is 0 Å². The van der Waals surface area contributed by atoms with E-state index in [9.17, 15) is 14.4 Å². The van der Waals surface area contributed by atoms with Crippen LogP contribution >= 0.6 is 0 Å². The molecule has 0 fully saturated rings. The maximum Gasteiger partial charge on any atom is 0.341 e. The number of aromatic nitrogens is 2. The predicted molar refractivity (Wildman–Crippen MR) is 163 cm³/mol. The number of hydrogen-bond acceptors (Lipinski definition) is 7. The Morgan fingerprint density at radius 3 is 2.28 bits per heavy atom. The summed E-state index contributed by atoms with van der Waals surface area (Å²) < 4.78 is 10.3. The lowest BCUT2D eigenvalue weighted by molar-refractivity contribution is -0.135. The lowest BCUT2D eigenvalue weighted by Gasteiger charge is -2.31. The number of carbonyl (C=O) groups excluding carboxylic acids is 3. The number of primary amides is 1. The summed E-state index contributed by atoms with van der Waals surface area (Å²) in [5.41, 5.74) is 17.7. The van der Waals surface area contributed by atoms with Crippen LogP contribution in [-0.4, -0.2) is 52.9 Å². The van der Waals surface area contributed by atoms with Crippen LogP contribution in [0.5, 0.6) is 5.75 Å². The fraction of sp³-hybridized carbons (Fsp3) is 0.273. The van der Waals surface area contributed by atoms with Crippen LogP contribution in [0.1, 0.15) is 61.8 Å². The highest BCUT2D eigenvalue weighted by molar-refractivity contribution is 5.93. The summed E-state index contributed by atoms with van der Waals surface area (Å²) in [5.74, 6) is -0.428. The molecule has 0 aliphatic rings. The van der Waals surface area contributed by atoms with E-state index in [0.29, 0.717) is 22.7 Å². The Hall–Kier alpha value is -4.96. The van der Waals surface area contributed by atoms with E-state index in [4.69, 9.17) is 20.9 Å². The molecule has 224 valence electrons. The molecule has 2 amide bonds. The average molecular weight is 584 g/mol. The van der Waals surface area contributed by atoms with Crippen LogP contribution < -0.4 is 16.2 Å². The number of H-pyrrole nitrogens is 1. The van der Waals surface area contributed by atoms with Gasteiger partial charge in [-0.3, -0.25) is 9.59 Å². The summed E-state index contributed by atoms with van der Waals surface area (Å²) in [4.78, 5) is 47.9. The van der Waals surface area contributed by atoms with Gasteiger partial charge in [0.2, 0.25) is 11.8 Å². The number of ether oxygens (including phenoxy) is 2. The minimum absolute atomic E-state index is 0.141. The van der Waals surface area contributed by atoms with Gasteiger partial charge in [0, 0.05) is 12.1 Å². The number of benzene rings is 3. The molecule has 0 spiro atoms. The third kappa shape index (κ3) is 6.92. The number of amides is 2. The van der Waals surface area contributed by atoms with Gasteiger partial charge < -0.3 is 30.8 Å². The summed E-state index contributed by atoms with van der Waals surface area (Å²) >= 11 is 0. The van der Waals surface area contributed by atoms with Gasteiger partial charge in [-0.1, -0.05) is 36.4 Å². The van der Waals surface area contributed by atoms with Gasteiger partial charge >= 0.3 is 5.97 Å². The monoisotopic (exact) mass is 583 g/mol. The van der Waals surface area contributed by atoms with Gasteiger partial charge in [0.1, 0.15) is 17.1 Å². The normalized spacial score (nSPS) is 12.3. The number of esters is 1. The van der Waals surface area contributed by atoms with E-state index in [1.807, 2.05) is 51.1 Å². The molecular formula is C33H37N5O5. The van der Waals surface area contributed by atoms with Crippen LogP contribution in [0.15, 0.2) is 66.9 Å². The van der Waals surface area contributed by atoms with Crippen LogP contribution in [0.25, 0.3) is 11.3 Å². The van der Waals surface area contributed by atoms with Gasteiger partial charge in [0.05, 0.1) is 38.2 Å². The van der Waals surface area contributed by atoms with E-state index >= 15 is 0 Å². The molecule has 0 saturated carbocycles. The molecule has 1 heterocycles. The summed E-state index contributed by atoms with van der Waals surface area (Å²) in [7, 11) is 2.77. The van der Waals surface area contributed by atoms with E-state index in [1.54, 1.807) is 41.4 Å². The van der Waals surface area contributed by atoms with Crippen molar-refractivity contribution >= 4 is 17.8 Å². The van der Waals surface area contributed by atoms with E-state index < -0.39 is 24.0 Å². The number of nitrogens with one attached hydrogen (secondary N) is 1. The Morgan fingerprint density at radius 2 is 1.67 bits per heavy atom. The minimum atomic E-state index is -0.902. The number of rotatable bonds is 11. The van der Waals surface area contributed by atoms with Crippen LogP contribution in [-0.2, 0) is 22.5 Å². The second-order valence-corrected chi connectivity index (χ2v) is 10.5. The highest BCUT2D eigenvalue weighted by Crippen LogP contribution is 2.28. The van der Waals surface area contributed by atoms with E-state index in [1.165, 1.54) is 14.2 Å². The highest BCUT2D eigenvalue weighted by atomic mass is 16.5. The molecule has 10 heteroatoms. The maximum atomic E-state index is 14.1. The van der Waals surface area contributed by atoms with Gasteiger partial charge in [-0.25, -0.2) is 9.78 Å². The van der Waals surface area contributed by atoms with Crippen molar-refractivity contribution in [3.8, 4) is 17.0 Å². The molecule has 1 aromatic heterocycles. The molecule has 0 aliphatic heterocycles. The molecule has 4 rings (SSSR count).